The Labute approximate surface area is 511 Å². The van der Waals surface area contributed by atoms with Gasteiger partial charge in [-0.3, -0.25) is 37.3 Å². The van der Waals surface area contributed by atoms with Crippen LogP contribution in [0.3, 0.4) is 0 Å². The lowest BCUT2D eigenvalue weighted by Gasteiger charge is -2.21. The molecule has 0 amide bonds. The van der Waals surface area contributed by atoms with E-state index in [-0.39, 0.29) is 25.7 Å². The van der Waals surface area contributed by atoms with Crippen molar-refractivity contribution in [3.05, 3.63) is 0 Å². The van der Waals surface area contributed by atoms with Gasteiger partial charge >= 0.3 is 39.5 Å². The highest BCUT2D eigenvalue weighted by Crippen LogP contribution is 2.45. The summed E-state index contributed by atoms with van der Waals surface area (Å²) in [7, 11) is -9.89. The molecule has 0 bridgehead atoms. The number of phosphoric ester groups is 2. The Morgan fingerprint density at radius 2 is 0.571 bits per heavy atom. The van der Waals surface area contributed by atoms with E-state index in [1.807, 2.05) is 0 Å². The Kier molecular flexibility index (Phi) is 53.9. The standard InChI is InChI=1S/C65H126O17P2/c1-9-58(8)44-36-28-20-12-15-23-32-40-48-65(70)82-61(52-76-63(68)46-38-30-24-16-19-27-35-43-57(6)7)54-80-84(73,74)78-50-59(66)49-77-83(71,72)79-53-60(81-64(69)47-39-31-22-14-11-18-26-34-42-56(4)5)51-75-62(67)45-37-29-21-13-10-17-25-33-41-55(2)3/h55-61,66H,9-54H2,1-8H3,(H,71,72)(H,73,74)/t58?,59?,60-,61-/m1/s1. The van der Waals surface area contributed by atoms with Gasteiger partial charge in [-0.1, -0.05) is 261 Å². The summed E-state index contributed by atoms with van der Waals surface area (Å²) in [5.74, 6) is 0.779. The van der Waals surface area contributed by atoms with Crippen molar-refractivity contribution < 1.29 is 80.2 Å². The minimum atomic E-state index is -4.95. The van der Waals surface area contributed by atoms with Gasteiger partial charge in [0.15, 0.2) is 12.2 Å². The normalized spacial score (nSPS) is 14.7. The molecule has 0 fully saturated rings. The first-order valence-corrected chi connectivity index (χ1v) is 36.7. The summed E-state index contributed by atoms with van der Waals surface area (Å²) in [5.41, 5.74) is 0. The third-order valence-electron chi connectivity index (χ3n) is 15.2. The van der Waals surface area contributed by atoms with E-state index in [0.29, 0.717) is 31.6 Å². The molecule has 84 heavy (non-hydrogen) atoms. The van der Waals surface area contributed by atoms with Crippen LogP contribution in [0.1, 0.15) is 312 Å². The summed E-state index contributed by atoms with van der Waals surface area (Å²) in [6.45, 7) is 14.0. The molecular weight excluding hydrogens is 1110 g/mol. The SMILES string of the molecule is CCC(C)CCCCCCCCCCC(=O)O[C@H](COC(=O)CCCCCCCCCC(C)C)COP(=O)(O)OCC(O)COP(=O)(O)OC[C@@H](COC(=O)CCCCCCCCCCC(C)C)OC(=O)CCCCCCCCCCC(C)C. The smallest absolute Gasteiger partial charge is 0.462 e. The summed E-state index contributed by atoms with van der Waals surface area (Å²) in [5, 5.41) is 10.5. The fourth-order valence-corrected chi connectivity index (χ4v) is 11.2. The first kappa shape index (κ1) is 82.1. The number of aliphatic hydroxyl groups is 1. The number of carbonyl (C=O) groups is 4. The molecule has 0 aliphatic carbocycles. The Morgan fingerprint density at radius 1 is 0.333 bits per heavy atom. The van der Waals surface area contributed by atoms with Crippen molar-refractivity contribution in [2.24, 2.45) is 23.7 Å². The van der Waals surface area contributed by atoms with Gasteiger partial charge in [-0.15, -0.1) is 0 Å². The van der Waals surface area contributed by atoms with E-state index in [9.17, 15) is 43.2 Å². The van der Waals surface area contributed by atoms with Crippen molar-refractivity contribution in [3.63, 3.8) is 0 Å². The van der Waals surface area contributed by atoms with Gasteiger partial charge in [-0.05, 0) is 49.4 Å². The maximum Gasteiger partial charge on any atom is 0.472 e. The van der Waals surface area contributed by atoms with Gasteiger partial charge in [-0.25, -0.2) is 9.13 Å². The van der Waals surface area contributed by atoms with Crippen LogP contribution in [-0.4, -0.2) is 96.7 Å². The van der Waals surface area contributed by atoms with E-state index in [1.54, 1.807) is 0 Å². The second-order valence-corrected chi connectivity index (χ2v) is 28.1. The monoisotopic (exact) mass is 1240 g/mol. The van der Waals surface area contributed by atoms with Gasteiger partial charge in [0.05, 0.1) is 26.4 Å². The van der Waals surface area contributed by atoms with Gasteiger partial charge in [-0.2, -0.15) is 0 Å². The number of hydrogen-bond donors (Lipinski definition) is 3. The zero-order chi connectivity index (χ0) is 62.5. The minimum absolute atomic E-state index is 0.103. The number of phosphoric acid groups is 2. The summed E-state index contributed by atoms with van der Waals surface area (Å²) in [6, 6.07) is 0. The molecule has 3 N–H and O–H groups in total. The number of aliphatic hydroxyl groups excluding tert-OH is 1. The quantitative estimate of drug-likeness (QED) is 0.0222. The van der Waals surface area contributed by atoms with E-state index in [0.717, 1.165) is 114 Å². The molecule has 0 aromatic heterocycles. The van der Waals surface area contributed by atoms with Crippen LogP contribution in [0.4, 0.5) is 0 Å². The molecule has 0 saturated carbocycles. The molecule has 0 rings (SSSR count). The second-order valence-electron chi connectivity index (χ2n) is 25.2. The third kappa shape index (κ3) is 57.8. The third-order valence-corrected chi connectivity index (χ3v) is 17.1. The summed E-state index contributed by atoms with van der Waals surface area (Å²) in [6.07, 6.45) is 34.9. The van der Waals surface area contributed by atoms with Crippen molar-refractivity contribution in [3.8, 4) is 0 Å². The van der Waals surface area contributed by atoms with E-state index in [2.05, 4.69) is 55.4 Å². The maximum absolute atomic E-state index is 13.0. The van der Waals surface area contributed by atoms with Gasteiger partial charge < -0.3 is 33.8 Å². The van der Waals surface area contributed by atoms with Crippen LogP contribution in [0.5, 0.6) is 0 Å². The van der Waals surface area contributed by atoms with Crippen molar-refractivity contribution in [1.82, 2.24) is 0 Å². The van der Waals surface area contributed by atoms with Crippen molar-refractivity contribution in [2.45, 2.75) is 331 Å². The molecule has 0 radical (unpaired) electrons. The van der Waals surface area contributed by atoms with Gasteiger partial charge in [0.25, 0.3) is 0 Å². The fraction of sp³-hybridized carbons (Fsp3) is 0.938. The van der Waals surface area contributed by atoms with Gasteiger partial charge in [0, 0.05) is 25.7 Å². The summed E-state index contributed by atoms with van der Waals surface area (Å²) >= 11 is 0. The lowest BCUT2D eigenvalue weighted by molar-refractivity contribution is -0.161. The summed E-state index contributed by atoms with van der Waals surface area (Å²) < 4.78 is 68.0. The van der Waals surface area contributed by atoms with E-state index in [1.165, 1.54) is 109 Å². The maximum atomic E-state index is 13.0. The molecule has 498 valence electrons. The van der Waals surface area contributed by atoms with Crippen LogP contribution in [0.15, 0.2) is 0 Å². The highest BCUT2D eigenvalue weighted by atomic mass is 31.2. The molecule has 17 nitrogen and oxygen atoms in total. The van der Waals surface area contributed by atoms with E-state index < -0.39 is 97.5 Å². The molecule has 0 aliphatic heterocycles. The number of hydrogen-bond acceptors (Lipinski definition) is 15. The topological polar surface area (TPSA) is 237 Å². The van der Waals surface area contributed by atoms with Crippen LogP contribution < -0.4 is 0 Å². The Hall–Kier alpha value is -1.94. The minimum Gasteiger partial charge on any atom is -0.462 e. The Balaban J connectivity index is 5.27. The van der Waals surface area contributed by atoms with Crippen molar-refractivity contribution >= 4 is 39.5 Å². The van der Waals surface area contributed by atoms with Crippen molar-refractivity contribution in [1.29, 1.82) is 0 Å². The van der Waals surface area contributed by atoms with Crippen LogP contribution in [0.2, 0.25) is 0 Å². The molecule has 19 heteroatoms. The molecule has 0 spiro atoms. The number of carbonyl (C=O) groups excluding carboxylic acids is 4. The first-order chi connectivity index (χ1) is 40.1. The zero-order valence-electron chi connectivity index (χ0n) is 54.5. The molecular formula is C65H126O17P2. The van der Waals surface area contributed by atoms with Crippen LogP contribution in [0, 0.1) is 23.7 Å². The number of unbranched alkanes of at least 4 members (excludes halogenated alkanes) is 27. The van der Waals surface area contributed by atoms with Crippen LogP contribution >= 0.6 is 15.6 Å². The fourth-order valence-electron chi connectivity index (χ4n) is 9.57. The van der Waals surface area contributed by atoms with E-state index >= 15 is 0 Å². The van der Waals surface area contributed by atoms with Gasteiger partial charge in [0.2, 0.25) is 0 Å². The molecule has 4 unspecified atom stereocenters. The summed E-state index contributed by atoms with van der Waals surface area (Å²) in [4.78, 5) is 72.3. The van der Waals surface area contributed by atoms with Crippen LogP contribution in [-0.2, 0) is 65.4 Å². The predicted octanol–water partition coefficient (Wildman–Crippen LogP) is 17.8. The zero-order valence-corrected chi connectivity index (χ0v) is 56.3. The molecule has 0 aromatic carbocycles. The molecule has 0 aromatic rings. The van der Waals surface area contributed by atoms with Crippen molar-refractivity contribution in [2.75, 3.05) is 39.6 Å². The Morgan fingerprint density at radius 3 is 0.845 bits per heavy atom. The average Bonchev–Trinajstić information content (AvgIpc) is 3.54. The molecule has 6 atom stereocenters. The lowest BCUT2D eigenvalue weighted by Crippen LogP contribution is -2.30. The second kappa shape index (κ2) is 55.2. The largest absolute Gasteiger partial charge is 0.472 e. The molecule has 0 saturated heterocycles. The molecule has 0 aliphatic rings. The highest BCUT2D eigenvalue weighted by Gasteiger charge is 2.30. The Bertz CT molecular complexity index is 1680. The first-order valence-electron chi connectivity index (χ1n) is 33.7. The van der Waals surface area contributed by atoms with Gasteiger partial charge in [0.1, 0.15) is 19.3 Å². The molecule has 0 heterocycles. The van der Waals surface area contributed by atoms with E-state index in [4.69, 9.17) is 37.0 Å². The predicted molar refractivity (Wildman–Crippen MR) is 335 cm³/mol. The number of ether oxygens (including phenoxy) is 4. The van der Waals surface area contributed by atoms with Crippen LogP contribution in [0.25, 0.3) is 0 Å². The lowest BCUT2D eigenvalue weighted by atomic mass is 9.99. The number of esters is 4. The highest BCUT2D eigenvalue weighted by molar-refractivity contribution is 7.47. The number of rotatable bonds is 62. The average molecular weight is 1240 g/mol.